The van der Waals surface area contributed by atoms with E-state index in [9.17, 15) is 4.39 Å². The number of aromatic nitrogens is 3. The van der Waals surface area contributed by atoms with Gasteiger partial charge in [0.15, 0.2) is 0 Å². The number of nitrogens with zero attached hydrogens (tertiary/aromatic N) is 3. The van der Waals surface area contributed by atoms with Crippen molar-refractivity contribution in [3.05, 3.63) is 12.2 Å². The maximum Gasteiger partial charge on any atom is 0.138 e. The van der Waals surface area contributed by atoms with Crippen molar-refractivity contribution in [2.45, 2.75) is 38.9 Å². The van der Waals surface area contributed by atoms with Gasteiger partial charge in [0.25, 0.3) is 0 Å². The molecule has 1 aliphatic rings. The number of halogens is 1. The van der Waals surface area contributed by atoms with Crippen molar-refractivity contribution >= 4 is 0 Å². The largest absolute Gasteiger partial charge is 0.317 e. The van der Waals surface area contributed by atoms with Crippen LogP contribution in [0.15, 0.2) is 6.33 Å². The number of rotatable bonds is 4. The minimum Gasteiger partial charge on any atom is -0.317 e. The van der Waals surface area contributed by atoms with E-state index in [-0.39, 0.29) is 5.92 Å². The molecule has 5 heteroatoms. The summed E-state index contributed by atoms with van der Waals surface area (Å²) in [7, 11) is 0. The van der Waals surface area contributed by atoms with Gasteiger partial charge in [-0.15, -0.1) is 0 Å². The van der Waals surface area contributed by atoms with E-state index in [0.717, 1.165) is 38.3 Å². The lowest BCUT2D eigenvalue weighted by Gasteiger charge is -2.25. The Morgan fingerprint density at radius 3 is 3.00 bits per heavy atom. The first-order chi connectivity index (χ1) is 7.81. The molecule has 0 amide bonds. The van der Waals surface area contributed by atoms with Crippen LogP contribution in [0.2, 0.25) is 0 Å². The molecule has 0 aliphatic carbocycles. The van der Waals surface area contributed by atoms with Crippen LogP contribution < -0.4 is 5.32 Å². The lowest BCUT2D eigenvalue weighted by molar-refractivity contribution is 0.183. The zero-order chi connectivity index (χ0) is 11.4. The minimum atomic E-state index is -0.781. The van der Waals surface area contributed by atoms with Gasteiger partial charge in [-0.1, -0.05) is 0 Å². The summed E-state index contributed by atoms with van der Waals surface area (Å²) in [6, 6.07) is 0. The molecule has 2 heterocycles. The van der Waals surface area contributed by atoms with Crippen LogP contribution in [-0.2, 0) is 13.0 Å². The summed E-state index contributed by atoms with van der Waals surface area (Å²) >= 11 is 0. The van der Waals surface area contributed by atoms with Crippen LogP contribution in [0.25, 0.3) is 0 Å². The number of hydrogen-bond acceptors (Lipinski definition) is 3. The standard InChI is InChI=1S/C11H19FN4/c1-2-16-11(14-8-15-16)7-10(12)9-3-5-13-6-4-9/h8-10,13H,2-7H2,1H3. The molecule has 0 saturated carbocycles. The molecule has 0 radical (unpaired) electrons. The highest BCUT2D eigenvalue weighted by atomic mass is 19.1. The lowest BCUT2D eigenvalue weighted by atomic mass is 9.91. The lowest BCUT2D eigenvalue weighted by Crippen LogP contribution is -2.33. The number of alkyl halides is 1. The Bertz CT molecular complexity index is 320. The van der Waals surface area contributed by atoms with Gasteiger partial charge in [0, 0.05) is 13.0 Å². The van der Waals surface area contributed by atoms with Gasteiger partial charge < -0.3 is 5.32 Å². The SMILES string of the molecule is CCn1ncnc1CC(F)C1CCNCC1. The van der Waals surface area contributed by atoms with E-state index in [2.05, 4.69) is 15.4 Å². The van der Waals surface area contributed by atoms with Gasteiger partial charge in [-0.2, -0.15) is 5.10 Å². The Labute approximate surface area is 95.3 Å². The van der Waals surface area contributed by atoms with E-state index in [1.54, 1.807) is 4.68 Å². The molecular formula is C11H19FN4. The first kappa shape index (κ1) is 11.5. The van der Waals surface area contributed by atoms with Gasteiger partial charge in [-0.3, -0.25) is 4.68 Å². The third-order valence-corrected chi connectivity index (χ3v) is 3.27. The van der Waals surface area contributed by atoms with Crippen LogP contribution in [0.3, 0.4) is 0 Å². The topological polar surface area (TPSA) is 42.7 Å². The number of piperidine rings is 1. The van der Waals surface area contributed by atoms with Crippen molar-refractivity contribution in [1.29, 1.82) is 0 Å². The summed E-state index contributed by atoms with van der Waals surface area (Å²) < 4.78 is 15.8. The normalized spacial score (nSPS) is 19.9. The first-order valence-electron chi connectivity index (χ1n) is 6.02. The predicted octanol–water partition coefficient (Wildman–Crippen LogP) is 1.18. The third-order valence-electron chi connectivity index (χ3n) is 3.27. The van der Waals surface area contributed by atoms with Crippen molar-refractivity contribution in [3.63, 3.8) is 0 Å². The smallest absolute Gasteiger partial charge is 0.138 e. The molecule has 1 atom stereocenters. The van der Waals surface area contributed by atoms with Crippen LogP contribution in [0, 0.1) is 5.92 Å². The molecule has 1 fully saturated rings. The molecule has 2 rings (SSSR count). The monoisotopic (exact) mass is 226 g/mol. The Kier molecular flexibility index (Phi) is 3.88. The highest BCUT2D eigenvalue weighted by molar-refractivity contribution is 4.90. The highest BCUT2D eigenvalue weighted by Crippen LogP contribution is 2.21. The zero-order valence-corrected chi connectivity index (χ0v) is 9.69. The molecule has 1 aromatic rings. The number of hydrogen-bond donors (Lipinski definition) is 1. The fourth-order valence-corrected chi connectivity index (χ4v) is 2.26. The molecule has 4 nitrogen and oxygen atoms in total. The van der Waals surface area contributed by atoms with E-state index in [0.29, 0.717) is 6.42 Å². The first-order valence-corrected chi connectivity index (χ1v) is 6.02. The molecule has 0 bridgehead atoms. The molecule has 0 aromatic carbocycles. The molecule has 1 aromatic heterocycles. The van der Waals surface area contributed by atoms with Crippen LogP contribution in [0.5, 0.6) is 0 Å². The molecule has 1 saturated heterocycles. The molecule has 1 aliphatic heterocycles. The van der Waals surface area contributed by atoms with Crippen LogP contribution in [0.1, 0.15) is 25.6 Å². The van der Waals surface area contributed by atoms with Crippen molar-refractivity contribution in [1.82, 2.24) is 20.1 Å². The van der Waals surface area contributed by atoms with E-state index in [1.807, 2.05) is 6.92 Å². The van der Waals surface area contributed by atoms with Crippen molar-refractivity contribution in [2.24, 2.45) is 5.92 Å². The number of aryl methyl sites for hydroxylation is 1. The third kappa shape index (κ3) is 2.58. The summed E-state index contributed by atoms with van der Waals surface area (Å²) in [5.74, 6) is 0.955. The maximum atomic E-state index is 14.1. The van der Waals surface area contributed by atoms with Crippen molar-refractivity contribution < 1.29 is 4.39 Å². The number of nitrogens with one attached hydrogen (secondary N) is 1. The van der Waals surface area contributed by atoms with E-state index < -0.39 is 6.17 Å². The van der Waals surface area contributed by atoms with E-state index >= 15 is 0 Å². The van der Waals surface area contributed by atoms with Crippen LogP contribution in [0.4, 0.5) is 4.39 Å². The highest BCUT2D eigenvalue weighted by Gasteiger charge is 2.24. The fraction of sp³-hybridized carbons (Fsp3) is 0.818. The van der Waals surface area contributed by atoms with E-state index in [1.165, 1.54) is 6.33 Å². The van der Waals surface area contributed by atoms with Gasteiger partial charge in [-0.05, 0) is 38.8 Å². The average molecular weight is 226 g/mol. The Hall–Kier alpha value is -0.970. The van der Waals surface area contributed by atoms with Crippen molar-refractivity contribution in [3.8, 4) is 0 Å². The molecular weight excluding hydrogens is 207 g/mol. The molecule has 16 heavy (non-hydrogen) atoms. The summed E-state index contributed by atoms with van der Waals surface area (Å²) in [6.07, 6.45) is 2.99. The van der Waals surface area contributed by atoms with Gasteiger partial charge in [-0.25, -0.2) is 9.37 Å². The van der Waals surface area contributed by atoms with Crippen LogP contribution >= 0.6 is 0 Å². The molecule has 0 spiro atoms. The second kappa shape index (κ2) is 5.39. The Morgan fingerprint density at radius 1 is 1.56 bits per heavy atom. The molecule has 90 valence electrons. The summed E-state index contributed by atoms with van der Waals surface area (Å²) in [5.41, 5.74) is 0. The summed E-state index contributed by atoms with van der Waals surface area (Å²) in [6.45, 7) is 4.63. The van der Waals surface area contributed by atoms with Gasteiger partial charge in [0.2, 0.25) is 0 Å². The Balaban J connectivity index is 1.93. The fourth-order valence-electron chi connectivity index (χ4n) is 2.26. The second-order valence-corrected chi connectivity index (χ2v) is 4.30. The Morgan fingerprint density at radius 2 is 2.31 bits per heavy atom. The molecule has 1 unspecified atom stereocenters. The van der Waals surface area contributed by atoms with Crippen molar-refractivity contribution in [2.75, 3.05) is 13.1 Å². The van der Waals surface area contributed by atoms with Crippen LogP contribution in [-0.4, -0.2) is 34.0 Å². The second-order valence-electron chi connectivity index (χ2n) is 4.30. The predicted molar refractivity (Wildman–Crippen MR) is 59.9 cm³/mol. The molecule has 1 N–H and O–H groups in total. The van der Waals surface area contributed by atoms with Gasteiger partial charge >= 0.3 is 0 Å². The minimum absolute atomic E-state index is 0.184. The van der Waals surface area contributed by atoms with Gasteiger partial charge in [0.1, 0.15) is 18.3 Å². The summed E-state index contributed by atoms with van der Waals surface area (Å²) in [4.78, 5) is 4.12. The average Bonchev–Trinajstić information content (AvgIpc) is 2.77. The van der Waals surface area contributed by atoms with E-state index in [4.69, 9.17) is 0 Å². The quantitative estimate of drug-likeness (QED) is 0.838. The van der Waals surface area contributed by atoms with Gasteiger partial charge in [0.05, 0.1) is 0 Å². The maximum absolute atomic E-state index is 14.1. The zero-order valence-electron chi connectivity index (χ0n) is 9.69. The summed E-state index contributed by atoms with van der Waals surface area (Å²) in [5, 5.41) is 7.31.